The summed E-state index contributed by atoms with van der Waals surface area (Å²) in [7, 11) is -0.314. The first kappa shape index (κ1) is 97.2. The van der Waals surface area contributed by atoms with E-state index in [1.54, 1.807) is 40.1 Å². The highest BCUT2D eigenvalue weighted by Gasteiger charge is 2.52. The Morgan fingerprint density at radius 3 is 1.23 bits per heavy atom. The predicted molar refractivity (Wildman–Crippen MR) is 459 cm³/mol. The van der Waals surface area contributed by atoms with E-state index < -0.39 is 28.8 Å². The number of amides is 4. The van der Waals surface area contributed by atoms with Gasteiger partial charge in [-0.25, -0.2) is 14.0 Å². The molecule has 4 aromatic rings. The van der Waals surface area contributed by atoms with Crippen LogP contribution in [0.5, 0.6) is 0 Å². The van der Waals surface area contributed by atoms with Crippen molar-refractivity contribution in [1.29, 1.82) is 10.5 Å². The van der Waals surface area contributed by atoms with E-state index in [1.807, 2.05) is 145 Å². The van der Waals surface area contributed by atoms with Crippen LogP contribution >= 0.6 is 47.8 Å². The second-order valence-corrected chi connectivity index (χ2v) is 34.5. The normalized spacial score (nSPS) is 17.6. The van der Waals surface area contributed by atoms with Gasteiger partial charge in [-0.2, -0.15) is 10.5 Å². The number of benzene rings is 4. The summed E-state index contributed by atoms with van der Waals surface area (Å²) in [5.41, 5.74) is 17.3. The third-order valence-electron chi connectivity index (χ3n) is 20.6. The minimum atomic E-state index is -0.533. The molecule has 638 valence electrons. The van der Waals surface area contributed by atoms with Crippen LogP contribution in [-0.2, 0) is 56.9 Å². The lowest BCUT2D eigenvalue weighted by atomic mass is 9.75. The van der Waals surface area contributed by atoms with E-state index in [9.17, 15) is 42.7 Å². The van der Waals surface area contributed by atoms with E-state index in [1.165, 1.54) is 12.1 Å². The molecule has 0 bridgehead atoms. The number of piperidine rings is 4. The van der Waals surface area contributed by atoms with E-state index in [2.05, 4.69) is 73.9 Å². The zero-order valence-corrected chi connectivity index (χ0v) is 74.9. The Balaban J connectivity index is 0.000000227. The van der Waals surface area contributed by atoms with E-state index in [-0.39, 0.29) is 78.1 Å². The van der Waals surface area contributed by atoms with Crippen molar-refractivity contribution >= 4 is 125 Å². The standard InChI is InChI=1S/C25H35N3O5.C16H28BNO4.C15H19BrN2O3.C15H17BrN2O2.C8H15NO2.C7H3BrFN/c1-5-32-23(30)18-10-12-27(13-11-18)21-16-19(22(26)29)6-7-20(21)17-8-14-28(15-9-17)24(31)33-25(2,3)4;1-14(2,3)20-13(19)18-10-8-12(9-11-18)17-21-15(4,5)16(6,7)22-17;1-2-21-15(20)10-5-7-18(8-6-10)13-9-11(14(17)19)3-4-12(13)16;1-2-20-15(19)12-5-7-18(8-6-12)14-9-11(10-17)3-4-13(14)16;1-2-11-8(10)7-3-5-9-6-4-7;8-6-2-1-5(4-10)3-7(6)9/h6-8,16,18H,5,9-15H2,1-4H3,(H2,26,29);8H,9-11H2,1-7H3;3-4,9-10H,2,5-8H2,1H3,(H2,17,19);3-4,9,12H,2,5-8H2,1H3;7,9H,2-6H2,1H3;1-3H. The first-order chi connectivity index (χ1) is 55.3. The number of nitrogens with zero attached hydrogens (tertiary/aromatic N) is 7. The van der Waals surface area contributed by atoms with Gasteiger partial charge < -0.3 is 79.0 Å². The molecule has 4 aromatic carbocycles. The van der Waals surface area contributed by atoms with Crippen LogP contribution in [0.4, 0.5) is 31.0 Å². The molecule has 0 aliphatic carbocycles. The zero-order valence-electron chi connectivity index (χ0n) is 70.2. The van der Waals surface area contributed by atoms with Crippen molar-refractivity contribution < 1.29 is 80.5 Å². The summed E-state index contributed by atoms with van der Waals surface area (Å²) in [6, 6.07) is 24.6. The van der Waals surface area contributed by atoms with Gasteiger partial charge in [0.25, 0.3) is 0 Å². The van der Waals surface area contributed by atoms with Crippen LogP contribution in [0.1, 0.15) is 199 Å². The second kappa shape index (κ2) is 46.1. The van der Waals surface area contributed by atoms with Gasteiger partial charge in [-0.05, 0) is 300 Å². The minimum absolute atomic E-state index is 0.00382. The number of primary amides is 2. The van der Waals surface area contributed by atoms with Gasteiger partial charge >= 0.3 is 43.2 Å². The van der Waals surface area contributed by atoms with Crippen molar-refractivity contribution in [2.75, 3.05) is 120 Å². The highest BCUT2D eigenvalue weighted by molar-refractivity contribution is 9.11. The number of esters is 4. The molecule has 26 nitrogen and oxygen atoms in total. The van der Waals surface area contributed by atoms with Gasteiger partial charge in [0, 0.05) is 96.8 Å². The van der Waals surface area contributed by atoms with E-state index in [0.29, 0.717) is 112 Å². The Morgan fingerprint density at radius 2 is 0.863 bits per heavy atom. The molecular weight excluding hydrogens is 1700 g/mol. The Bertz CT molecular complexity index is 4190. The monoisotopic (exact) mass is 1810 g/mol. The topological polar surface area (TPSA) is 338 Å². The molecule has 0 saturated carbocycles. The number of hydrogen-bond donors (Lipinski definition) is 3. The van der Waals surface area contributed by atoms with Crippen molar-refractivity contribution in [3.8, 4) is 12.1 Å². The van der Waals surface area contributed by atoms with Gasteiger partial charge in [-0.3, -0.25) is 28.8 Å². The molecule has 5 N–H and O–H groups in total. The first-order valence-corrected chi connectivity index (χ1v) is 42.5. The molecule has 117 heavy (non-hydrogen) atoms. The SMILES string of the molecule is CC(C)(C)OC(=O)N1CC=C(B2OC(C)(C)C(C)(C)O2)CC1.CCOC(=O)C1CCN(c2cc(C#N)ccc2Br)CC1.CCOC(=O)C1CCN(c2cc(C(N)=O)ccc2Br)CC1.CCOC(=O)C1CCN(c2cc(C(N)=O)ccc2C2=CCN(C(=O)OC(C)(C)C)CC2)CC1.CCOC(=O)C1CCNCC1.N#Cc1ccc(Br)c(F)c1. The molecular formula is C86H117BBr3FN10O16. The molecule has 4 amide bonds. The molecule has 5 fully saturated rings. The summed E-state index contributed by atoms with van der Waals surface area (Å²) in [5, 5.41) is 20.5. The van der Waals surface area contributed by atoms with Crippen LogP contribution in [0, 0.1) is 52.2 Å². The number of halogens is 4. The van der Waals surface area contributed by atoms with Crippen molar-refractivity contribution in [3.63, 3.8) is 0 Å². The molecule has 0 atom stereocenters. The third-order valence-corrected chi connectivity index (χ3v) is 22.6. The number of nitrogens with two attached hydrogens (primary N) is 2. The van der Waals surface area contributed by atoms with Crippen LogP contribution in [-0.4, -0.2) is 192 Å². The number of carbonyl (C=O) groups is 8. The van der Waals surface area contributed by atoms with Crippen molar-refractivity contribution in [2.45, 2.75) is 184 Å². The Kier molecular flexibility index (Phi) is 38.3. The van der Waals surface area contributed by atoms with Crippen LogP contribution in [0.3, 0.4) is 0 Å². The molecule has 0 radical (unpaired) electrons. The number of nitriles is 2. The largest absolute Gasteiger partial charge is 0.490 e. The molecule has 0 unspecified atom stereocenters. The van der Waals surface area contributed by atoms with Crippen LogP contribution in [0.25, 0.3) is 5.57 Å². The first-order valence-electron chi connectivity index (χ1n) is 40.2. The molecule has 11 rings (SSSR count). The quantitative estimate of drug-likeness (QED) is 0.0565. The third kappa shape index (κ3) is 30.3. The lowest BCUT2D eigenvalue weighted by Gasteiger charge is -2.35. The lowest BCUT2D eigenvalue weighted by molar-refractivity contribution is -0.149. The summed E-state index contributed by atoms with van der Waals surface area (Å²) < 4.78 is 58.1. The molecule has 5 saturated heterocycles. The fourth-order valence-electron chi connectivity index (χ4n) is 13.5. The van der Waals surface area contributed by atoms with Gasteiger partial charge in [0.05, 0.1) is 100 Å². The van der Waals surface area contributed by atoms with Crippen LogP contribution < -0.4 is 31.5 Å². The summed E-state index contributed by atoms with van der Waals surface area (Å²) >= 11 is 9.99. The van der Waals surface area contributed by atoms with Crippen molar-refractivity contribution in [3.05, 3.63) is 137 Å². The molecule has 7 heterocycles. The maximum Gasteiger partial charge on any atom is 0.490 e. The fourth-order valence-corrected chi connectivity index (χ4v) is 14.7. The Hall–Kier alpha value is -8.59. The van der Waals surface area contributed by atoms with Gasteiger partial charge in [0.15, 0.2) is 0 Å². The van der Waals surface area contributed by atoms with E-state index in [4.69, 9.17) is 59.7 Å². The smallest absolute Gasteiger partial charge is 0.466 e. The summed E-state index contributed by atoms with van der Waals surface area (Å²) in [4.78, 5) is 104. The number of carbonyl (C=O) groups excluding carboxylic acids is 8. The van der Waals surface area contributed by atoms with Gasteiger partial charge in [0.1, 0.15) is 17.0 Å². The zero-order chi connectivity index (χ0) is 86.5. The maximum atomic E-state index is 12.6. The summed E-state index contributed by atoms with van der Waals surface area (Å²) in [6.45, 7) is 37.0. The van der Waals surface area contributed by atoms with Gasteiger partial charge in [0.2, 0.25) is 11.8 Å². The molecule has 7 aliphatic heterocycles. The number of nitrogens with one attached hydrogen (secondary N) is 1. The summed E-state index contributed by atoms with van der Waals surface area (Å²) in [5.74, 6) is -1.64. The minimum Gasteiger partial charge on any atom is -0.466 e. The molecule has 0 spiro atoms. The maximum absolute atomic E-state index is 12.6. The van der Waals surface area contributed by atoms with E-state index in [0.717, 1.165) is 127 Å². The number of anilines is 3. The summed E-state index contributed by atoms with van der Waals surface area (Å²) in [6.07, 6.45) is 11.3. The predicted octanol–water partition coefficient (Wildman–Crippen LogP) is 15.2. The lowest BCUT2D eigenvalue weighted by Crippen LogP contribution is -2.41. The molecule has 31 heteroatoms. The fraction of sp³-hybridized carbons (Fsp3) is 0.558. The van der Waals surface area contributed by atoms with E-state index >= 15 is 0 Å². The van der Waals surface area contributed by atoms with Crippen LogP contribution in [0.15, 0.2) is 104 Å². The molecule has 7 aliphatic rings. The average Bonchev–Trinajstić information content (AvgIpc) is 1.67. The molecule has 0 aromatic heterocycles. The average molecular weight is 1820 g/mol. The Labute approximate surface area is 715 Å². The van der Waals surface area contributed by atoms with Gasteiger partial charge in [-0.1, -0.05) is 18.2 Å². The van der Waals surface area contributed by atoms with Crippen molar-refractivity contribution in [1.82, 2.24) is 15.1 Å². The second-order valence-electron chi connectivity index (χ2n) is 31.9. The number of hydrogen-bond acceptors (Lipinski definition) is 22. The van der Waals surface area contributed by atoms with Gasteiger partial charge in [-0.15, -0.1) is 0 Å². The highest BCUT2D eigenvalue weighted by Crippen LogP contribution is 2.41. The number of ether oxygens (including phenoxy) is 6. The Morgan fingerprint density at radius 1 is 0.504 bits per heavy atom. The van der Waals surface area contributed by atoms with Crippen molar-refractivity contribution in [2.24, 2.45) is 35.1 Å². The number of rotatable bonds is 15. The van der Waals surface area contributed by atoms with Crippen LogP contribution in [0.2, 0.25) is 0 Å². The highest BCUT2D eigenvalue weighted by atomic mass is 79.9.